The van der Waals surface area contributed by atoms with Crippen molar-refractivity contribution in [2.75, 3.05) is 23.9 Å². The lowest BCUT2D eigenvalue weighted by molar-refractivity contribution is -0.170. The fraction of sp³-hybridized carbons (Fsp3) is 0.424. The van der Waals surface area contributed by atoms with E-state index in [-0.39, 0.29) is 46.4 Å². The first kappa shape index (κ1) is 39.8. The number of anilines is 2. The molecular weight excluding hydrogens is 677 g/mol. The number of esters is 1. The largest absolute Gasteiger partial charge is 0.471 e. The van der Waals surface area contributed by atoms with Crippen molar-refractivity contribution in [3.63, 3.8) is 0 Å². The zero-order chi connectivity index (χ0) is 37.7. The number of nitrogens with zero attached hydrogens (tertiary/aromatic N) is 4. The molecule has 51 heavy (non-hydrogen) atoms. The minimum absolute atomic E-state index is 0.0256. The number of H-pyrrole nitrogens is 1. The summed E-state index contributed by atoms with van der Waals surface area (Å²) in [6, 6.07) is 3.52. The highest BCUT2D eigenvalue weighted by Crippen LogP contribution is 2.26. The monoisotopic (exact) mass is 716 g/mol. The first-order valence-corrected chi connectivity index (χ1v) is 16.0. The van der Waals surface area contributed by atoms with Gasteiger partial charge in [-0.3, -0.25) is 39.2 Å². The van der Waals surface area contributed by atoms with Crippen molar-refractivity contribution in [1.29, 1.82) is 0 Å². The first-order chi connectivity index (χ1) is 24.1. The number of unbranched alkanes of at least 4 members (excludes halogenated alkanes) is 2. The lowest BCUT2D eigenvalue weighted by atomic mass is 10.1. The molecule has 4 amide bonds. The van der Waals surface area contributed by atoms with Crippen molar-refractivity contribution >= 4 is 52.4 Å². The lowest BCUT2D eigenvalue weighted by Crippen LogP contribution is -2.42. The molecule has 0 bridgehead atoms. The van der Waals surface area contributed by atoms with E-state index < -0.39 is 53.9 Å². The predicted molar refractivity (Wildman–Crippen MR) is 179 cm³/mol. The molecule has 0 saturated heterocycles. The molecule has 0 aliphatic heterocycles. The zero-order valence-electron chi connectivity index (χ0n) is 28.3. The molecule has 4 N–H and O–H groups in total. The number of benzene rings is 1. The number of carbonyl (C=O) groups is 5. The van der Waals surface area contributed by atoms with Crippen LogP contribution in [0.25, 0.3) is 11.2 Å². The fourth-order valence-electron chi connectivity index (χ4n) is 4.57. The van der Waals surface area contributed by atoms with E-state index in [0.29, 0.717) is 37.1 Å². The molecule has 0 unspecified atom stereocenters. The van der Waals surface area contributed by atoms with Crippen molar-refractivity contribution < 1.29 is 41.9 Å². The Kier molecular flexibility index (Phi) is 14.3. The third-order valence-corrected chi connectivity index (χ3v) is 7.33. The average molecular weight is 717 g/mol. The molecule has 18 heteroatoms. The Morgan fingerprint density at radius 2 is 1.76 bits per heavy atom. The summed E-state index contributed by atoms with van der Waals surface area (Å²) in [5.41, 5.74) is -1.85. The number of aromatic nitrogens is 4. The number of rotatable bonds is 17. The number of allylic oxidation sites excluding steroid dienone is 1. The van der Waals surface area contributed by atoms with Gasteiger partial charge in [0, 0.05) is 30.1 Å². The Morgan fingerprint density at radius 3 is 2.39 bits per heavy atom. The summed E-state index contributed by atoms with van der Waals surface area (Å²) in [6.45, 7) is 6.47. The second kappa shape index (κ2) is 18.4. The molecule has 3 aromatic rings. The average Bonchev–Trinajstić information content (AvgIpc) is 3.09. The second-order valence-corrected chi connectivity index (χ2v) is 11.6. The number of carbonyl (C=O) groups excluding carboxylic acids is 5. The van der Waals surface area contributed by atoms with Gasteiger partial charge in [0.05, 0.1) is 25.5 Å². The van der Waals surface area contributed by atoms with E-state index in [9.17, 15) is 41.9 Å². The number of nitrogens with one attached hydrogen (secondary N) is 4. The van der Waals surface area contributed by atoms with Crippen LogP contribution >= 0.6 is 0 Å². The van der Waals surface area contributed by atoms with E-state index in [2.05, 4.69) is 42.5 Å². The molecule has 0 spiro atoms. The number of ether oxygens (including phenoxy) is 1. The predicted octanol–water partition coefficient (Wildman–Crippen LogP) is 3.32. The van der Waals surface area contributed by atoms with Gasteiger partial charge in [0.25, 0.3) is 11.5 Å². The Balaban J connectivity index is 1.73. The number of halogens is 3. The topological polar surface area (TPSA) is 205 Å². The van der Waals surface area contributed by atoms with Crippen LogP contribution in [-0.2, 0) is 30.5 Å². The number of aromatic amines is 1. The third kappa shape index (κ3) is 11.7. The van der Waals surface area contributed by atoms with Gasteiger partial charge in [-0.05, 0) is 56.4 Å². The minimum atomic E-state index is -5.30. The van der Waals surface area contributed by atoms with Crippen molar-refractivity contribution in [2.45, 2.75) is 71.1 Å². The Hall–Kier alpha value is -5.68. The molecule has 0 saturated carbocycles. The van der Waals surface area contributed by atoms with Gasteiger partial charge in [-0.25, -0.2) is 14.8 Å². The zero-order valence-corrected chi connectivity index (χ0v) is 28.3. The van der Waals surface area contributed by atoms with Gasteiger partial charge in [0.1, 0.15) is 6.04 Å². The smallest absolute Gasteiger partial charge is 0.467 e. The summed E-state index contributed by atoms with van der Waals surface area (Å²) in [5.74, 6) is -4.83. The van der Waals surface area contributed by atoms with Crippen LogP contribution in [0.15, 0.2) is 47.9 Å². The standard InChI is InChI=1S/C33H39F3N8O7/c1-5-6-7-11-24(45)37-16-9-8-10-23(30(49)51-4)40-28(47)20-12-14-22(15-13-20)44(31(50)33(34,35)36)18-21-17-38-26-25(39-21)29(48)43-32(41-26)42-27(46)19(2)3/h5,12-15,17,19,23H,1,6-11,16,18H2,2-4H3,(H,37,45)(H,40,47)(H2,38,41,42,43,46,48)/t23-/m0/s1. The summed E-state index contributed by atoms with van der Waals surface area (Å²) in [5, 5.41) is 7.74. The highest BCUT2D eigenvalue weighted by atomic mass is 19.4. The van der Waals surface area contributed by atoms with E-state index >= 15 is 0 Å². The summed E-state index contributed by atoms with van der Waals surface area (Å²) >= 11 is 0. The number of amides is 4. The Morgan fingerprint density at radius 1 is 1.06 bits per heavy atom. The molecule has 0 aliphatic rings. The maximum atomic E-state index is 13.7. The van der Waals surface area contributed by atoms with Crippen molar-refractivity contribution in [2.24, 2.45) is 5.92 Å². The highest BCUT2D eigenvalue weighted by Gasteiger charge is 2.43. The van der Waals surface area contributed by atoms with Crippen LogP contribution in [0.1, 0.15) is 68.4 Å². The van der Waals surface area contributed by atoms with Crippen LogP contribution < -0.4 is 26.4 Å². The molecule has 3 rings (SSSR count). The highest BCUT2D eigenvalue weighted by molar-refractivity contribution is 5.99. The van der Waals surface area contributed by atoms with Crippen LogP contribution in [0.5, 0.6) is 0 Å². The van der Waals surface area contributed by atoms with E-state index in [4.69, 9.17) is 4.74 Å². The van der Waals surface area contributed by atoms with E-state index in [1.165, 1.54) is 12.1 Å². The van der Waals surface area contributed by atoms with Crippen LogP contribution in [0.2, 0.25) is 0 Å². The molecule has 0 radical (unpaired) electrons. The SMILES string of the molecule is C=CCCCC(=O)NCCCC[C@H](NC(=O)c1ccc(N(Cc2cnc3nc(NC(=O)C(C)C)[nH]c(=O)c3n2)C(=O)C(F)(F)F)cc1)C(=O)OC. The van der Waals surface area contributed by atoms with Gasteiger partial charge in [-0.15, -0.1) is 6.58 Å². The van der Waals surface area contributed by atoms with E-state index in [0.717, 1.165) is 31.9 Å². The molecule has 15 nitrogen and oxygen atoms in total. The van der Waals surface area contributed by atoms with Crippen molar-refractivity contribution in [1.82, 2.24) is 30.6 Å². The molecule has 2 aromatic heterocycles. The Labute approximate surface area is 290 Å². The quantitative estimate of drug-likeness (QED) is 0.0911. The van der Waals surface area contributed by atoms with Crippen LogP contribution in [0.4, 0.5) is 24.8 Å². The normalized spacial score (nSPS) is 11.8. The number of fused-ring (bicyclic) bond motifs is 1. The summed E-state index contributed by atoms with van der Waals surface area (Å²) in [7, 11) is 1.16. The molecule has 1 atom stereocenters. The molecule has 0 aliphatic carbocycles. The molecule has 274 valence electrons. The van der Waals surface area contributed by atoms with Gasteiger partial charge in [0.15, 0.2) is 11.2 Å². The third-order valence-electron chi connectivity index (χ3n) is 7.33. The van der Waals surface area contributed by atoms with Crippen LogP contribution in [-0.4, -0.2) is 75.4 Å². The van der Waals surface area contributed by atoms with Gasteiger partial charge in [-0.2, -0.15) is 18.2 Å². The Bertz CT molecular complexity index is 1800. The van der Waals surface area contributed by atoms with Gasteiger partial charge >= 0.3 is 18.1 Å². The molecule has 1 aromatic carbocycles. The minimum Gasteiger partial charge on any atom is -0.467 e. The van der Waals surface area contributed by atoms with Gasteiger partial charge in [-0.1, -0.05) is 19.9 Å². The second-order valence-electron chi connectivity index (χ2n) is 11.6. The maximum Gasteiger partial charge on any atom is 0.471 e. The van der Waals surface area contributed by atoms with Crippen molar-refractivity contribution in [3.8, 4) is 0 Å². The summed E-state index contributed by atoms with van der Waals surface area (Å²) in [4.78, 5) is 89.0. The van der Waals surface area contributed by atoms with E-state index in [1.807, 2.05) is 0 Å². The molecule has 0 fully saturated rings. The van der Waals surface area contributed by atoms with Crippen LogP contribution in [0.3, 0.4) is 0 Å². The number of methoxy groups -OCH3 is 1. The fourth-order valence-corrected chi connectivity index (χ4v) is 4.57. The molecule has 2 heterocycles. The molecular formula is C33H39F3N8O7. The number of hydrogen-bond acceptors (Lipinski definition) is 10. The number of hydrogen-bond donors (Lipinski definition) is 4. The van der Waals surface area contributed by atoms with Gasteiger partial charge in [0.2, 0.25) is 17.8 Å². The number of alkyl halides is 3. The summed E-state index contributed by atoms with van der Waals surface area (Å²) < 4.78 is 45.8. The van der Waals surface area contributed by atoms with Crippen molar-refractivity contribution in [3.05, 3.63) is 64.7 Å². The summed E-state index contributed by atoms with van der Waals surface area (Å²) in [6.07, 6.45) is 0.417. The van der Waals surface area contributed by atoms with Gasteiger partial charge < -0.3 is 15.4 Å². The van der Waals surface area contributed by atoms with E-state index in [1.54, 1.807) is 19.9 Å². The first-order valence-electron chi connectivity index (χ1n) is 16.0. The maximum absolute atomic E-state index is 13.7. The van der Waals surface area contributed by atoms with Crippen LogP contribution in [0, 0.1) is 5.92 Å². The lowest BCUT2D eigenvalue weighted by Gasteiger charge is -2.24.